The van der Waals surface area contributed by atoms with E-state index < -0.39 is 0 Å². The van der Waals surface area contributed by atoms with Crippen LogP contribution in [0.3, 0.4) is 0 Å². The van der Waals surface area contributed by atoms with Gasteiger partial charge in [0, 0.05) is 19.0 Å². The number of ether oxygens (including phenoxy) is 2. The van der Waals surface area contributed by atoms with Crippen molar-refractivity contribution in [1.82, 2.24) is 5.32 Å². The van der Waals surface area contributed by atoms with Gasteiger partial charge in [-0.1, -0.05) is 42.5 Å². The monoisotopic (exact) mass is 297 g/mol. The Labute approximate surface area is 132 Å². The second-order valence-corrected chi connectivity index (χ2v) is 5.51. The molecule has 0 unspecified atom stereocenters. The summed E-state index contributed by atoms with van der Waals surface area (Å²) in [4.78, 5) is 0. The molecule has 0 radical (unpaired) electrons. The lowest BCUT2D eigenvalue weighted by Gasteiger charge is -2.25. The van der Waals surface area contributed by atoms with Crippen LogP contribution in [0.25, 0.3) is 0 Å². The molecular weight excluding hydrogens is 274 g/mol. The summed E-state index contributed by atoms with van der Waals surface area (Å²) in [6.45, 7) is 5.26. The quantitative estimate of drug-likeness (QED) is 0.936. The van der Waals surface area contributed by atoms with Crippen molar-refractivity contribution in [3.63, 3.8) is 0 Å². The third kappa shape index (κ3) is 3.49. The van der Waals surface area contributed by atoms with E-state index >= 15 is 0 Å². The van der Waals surface area contributed by atoms with Gasteiger partial charge in [0.1, 0.15) is 5.75 Å². The van der Waals surface area contributed by atoms with Crippen molar-refractivity contribution < 1.29 is 9.47 Å². The molecule has 1 saturated heterocycles. The van der Waals surface area contributed by atoms with Crippen LogP contribution in [0.1, 0.15) is 30.1 Å². The molecule has 0 aliphatic carbocycles. The highest BCUT2D eigenvalue weighted by molar-refractivity contribution is 5.32. The summed E-state index contributed by atoms with van der Waals surface area (Å²) in [7, 11) is 0. The minimum absolute atomic E-state index is 0.0769. The molecule has 0 amide bonds. The first-order valence-corrected chi connectivity index (χ1v) is 7.98. The lowest BCUT2D eigenvalue weighted by molar-refractivity contribution is 0.0515. The molecule has 1 aliphatic heterocycles. The first-order valence-electron chi connectivity index (χ1n) is 7.98. The van der Waals surface area contributed by atoms with Crippen LogP contribution in [-0.4, -0.2) is 26.3 Å². The lowest BCUT2D eigenvalue weighted by Crippen LogP contribution is -2.22. The Hall–Kier alpha value is -1.84. The number of hydrogen-bond acceptors (Lipinski definition) is 3. The Morgan fingerprint density at radius 1 is 1.05 bits per heavy atom. The lowest BCUT2D eigenvalue weighted by atomic mass is 9.89. The summed E-state index contributed by atoms with van der Waals surface area (Å²) in [5.74, 6) is 1.23. The van der Waals surface area contributed by atoms with Crippen LogP contribution in [0, 0.1) is 0 Å². The predicted molar refractivity (Wildman–Crippen MR) is 88.4 cm³/mol. The molecule has 0 bridgehead atoms. The van der Waals surface area contributed by atoms with Gasteiger partial charge in [-0.3, -0.25) is 0 Å². The van der Waals surface area contributed by atoms with Crippen molar-refractivity contribution in [2.24, 2.45) is 0 Å². The average Bonchev–Trinajstić information content (AvgIpc) is 2.83. The van der Waals surface area contributed by atoms with E-state index in [1.165, 1.54) is 11.1 Å². The van der Waals surface area contributed by atoms with E-state index in [0.717, 1.165) is 25.4 Å². The number of benzene rings is 2. The van der Waals surface area contributed by atoms with Crippen molar-refractivity contribution in [3.05, 3.63) is 65.7 Å². The van der Waals surface area contributed by atoms with E-state index in [1.54, 1.807) is 0 Å². The molecule has 1 N–H and O–H groups in total. The fourth-order valence-corrected chi connectivity index (χ4v) is 2.98. The summed E-state index contributed by atoms with van der Waals surface area (Å²) in [5.41, 5.74) is 2.52. The molecule has 0 spiro atoms. The van der Waals surface area contributed by atoms with Gasteiger partial charge < -0.3 is 14.8 Å². The maximum Gasteiger partial charge on any atom is 0.119 e. The Balaban J connectivity index is 1.87. The molecule has 3 heteroatoms. The standard InChI is InChI=1S/C19H23NO2/c1-2-21-17-10-8-16(9-11-17)19-18(14-20-12-13-22-19)15-6-4-3-5-7-15/h3-11,18-20H,2,12-14H2,1H3/t18-,19+/m1/s1. The Bertz CT molecular complexity index is 568. The zero-order valence-corrected chi connectivity index (χ0v) is 13.0. The van der Waals surface area contributed by atoms with Gasteiger partial charge in [0.15, 0.2) is 0 Å². The molecule has 2 aromatic carbocycles. The number of rotatable bonds is 4. The zero-order valence-electron chi connectivity index (χ0n) is 13.0. The van der Waals surface area contributed by atoms with Gasteiger partial charge in [0.2, 0.25) is 0 Å². The third-order valence-corrected chi connectivity index (χ3v) is 4.05. The van der Waals surface area contributed by atoms with E-state index in [4.69, 9.17) is 9.47 Å². The van der Waals surface area contributed by atoms with Gasteiger partial charge in [-0.15, -0.1) is 0 Å². The highest BCUT2D eigenvalue weighted by Gasteiger charge is 2.27. The van der Waals surface area contributed by atoms with E-state index in [1.807, 2.05) is 19.1 Å². The van der Waals surface area contributed by atoms with Gasteiger partial charge >= 0.3 is 0 Å². The van der Waals surface area contributed by atoms with Gasteiger partial charge in [-0.05, 0) is 30.2 Å². The van der Waals surface area contributed by atoms with Gasteiger partial charge in [0.05, 0.1) is 19.3 Å². The van der Waals surface area contributed by atoms with Gasteiger partial charge in [0.25, 0.3) is 0 Å². The predicted octanol–water partition coefficient (Wildman–Crippen LogP) is 3.53. The molecule has 2 atom stereocenters. The van der Waals surface area contributed by atoms with Crippen molar-refractivity contribution >= 4 is 0 Å². The molecule has 22 heavy (non-hydrogen) atoms. The summed E-state index contributed by atoms with van der Waals surface area (Å²) in [6, 6.07) is 18.9. The highest BCUT2D eigenvalue weighted by atomic mass is 16.5. The second kappa shape index (κ2) is 7.43. The molecule has 2 aromatic rings. The summed E-state index contributed by atoms with van der Waals surface area (Å²) >= 11 is 0. The van der Waals surface area contributed by atoms with Crippen molar-refractivity contribution in [2.75, 3.05) is 26.3 Å². The van der Waals surface area contributed by atoms with E-state index in [0.29, 0.717) is 12.5 Å². The summed E-state index contributed by atoms with van der Waals surface area (Å²) < 4.78 is 11.7. The van der Waals surface area contributed by atoms with Gasteiger partial charge in [-0.25, -0.2) is 0 Å². The molecule has 3 nitrogen and oxygen atoms in total. The van der Waals surface area contributed by atoms with Crippen molar-refractivity contribution in [2.45, 2.75) is 18.9 Å². The maximum atomic E-state index is 6.15. The van der Waals surface area contributed by atoms with Crippen LogP contribution in [0.5, 0.6) is 5.75 Å². The molecule has 1 heterocycles. The molecule has 0 saturated carbocycles. The summed E-state index contributed by atoms with van der Waals surface area (Å²) in [5, 5.41) is 3.48. The average molecular weight is 297 g/mol. The first kappa shape index (κ1) is 15.1. The number of nitrogens with one attached hydrogen (secondary N) is 1. The van der Waals surface area contributed by atoms with E-state index in [2.05, 4.69) is 47.8 Å². The summed E-state index contributed by atoms with van der Waals surface area (Å²) in [6.07, 6.45) is 0.0769. The van der Waals surface area contributed by atoms with Crippen molar-refractivity contribution in [1.29, 1.82) is 0 Å². The largest absolute Gasteiger partial charge is 0.494 e. The van der Waals surface area contributed by atoms with Crippen LogP contribution in [0.15, 0.2) is 54.6 Å². The minimum Gasteiger partial charge on any atom is -0.494 e. The SMILES string of the molecule is CCOc1ccc([C@@H]2OCCNC[C@@H]2c2ccccc2)cc1. The fraction of sp³-hybridized carbons (Fsp3) is 0.368. The van der Waals surface area contributed by atoms with Crippen LogP contribution >= 0.6 is 0 Å². The molecule has 1 aliphatic rings. The normalized spacial score (nSPS) is 22.0. The highest BCUT2D eigenvalue weighted by Crippen LogP contribution is 2.35. The van der Waals surface area contributed by atoms with Crippen LogP contribution in [-0.2, 0) is 4.74 Å². The van der Waals surface area contributed by atoms with Crippen LogP contribution in [0.2, 0.25) is 0 Å². The fourth-order valence-electron chi connectivity index (χ4n) is 2.98. The number of hydrogen-bond donors (Lipinski definition) is 1. The third-order valence-electron chi connectivity index (χ3n) is 4.05. The Morgan fingerprint density at radius 2 is 1.82 bits per heavy atom. The first-order chi connectivity index (χ1) is 10.9. The molecule has 0 aromatic heterocycles. The molecule has 1 fully saturated rings. The topological polar surface area (TPSA) is 30.5 Å². The maximum absolute atomic E-state index is 6.15. The Kier molecular flexibility index (Phi) is 5.09. The smallest absolute Gasteiger partial charge is 0.119 e. The molecule has 3 rings (SSSR count). The van der Waals surface area contributed by atoms with E-state index in [-0.39, 0.29) is 6.10 Å². The van der Waals surface area contributed by atoms with Crippen LogP contribution in [0.4, 0.5) is 0 Å². The van der Waals surface area contributed by atoms with Gasteiger partial charge in [-0.2, -0.15) is 0 Å². The Morgan fingerprint density at radius 3 is 2.55 bits per heavy atom. The van der Waals surface area contributed by atoms with Crippen molar-refractivity contribution in [3.8, 4) is 5.75 Å². The van der Waals surface area contributed by atoms with E-state index in [9.17, 15) is 0 Å². The molecular formula is C19H23NO2. The zero-order chi connectivity index (χ0) is 15.2. The van der Waals surface area contributed by atoms with Crippen LogP contribution < -0.4 is 10.1 Å². The minimum atomic E-state index is 0.0769. The molecule has 116 valence electrons. The second-order valence-electron chi connectivity index (χ2n) is 5.51.